The normalized spacial score (nSPS) is 16.9. The predicted octanol–water partition coefficient (Wildman–Crippen LogP) is 4.35. The van der Waals surface area contributed by atoms with Crippen LogP contribution in [-0.4, -0.2) is 19.9 Å². The van der Waals surface area contributed by atoms with Gasteiger partial charge < -0.3 is 0 Å². The van der Waals surface area contributed by atoms with Crippen LogP contribution in [0.2, 0.25) is 0 Å². The summed E-state index contributed by atoms with van der Waals surface area (Å²) in [5, 5.41) is 3.37. The second-order valence-corrected chi connectivity index (χ2v) is 13.6. The molecule has 3 aromatic rings. The van der Waals surface area contributed by atoms with Crippen LogP contribution >= 0.6 is 17.2 Å². The molecule has 0 unspecified atom stereocenters. The average molecular weight is 385 g/mol. The van der Waals surface area contributed by atoms with E-state index in [4.69, 9.17) is 20.7 Å². The molecule has 26 heavy (non-hydrogen) atoms. The Bertz CT molecular complexity index is 847. The van der Waals surface area contributed by atoms with E-state index in [9.17, 15) is 0 Å². The molecule has 1 saturated heterocycles. The average Bonchev–Trinajstić information content (AvgIpc) is 3.24. The van der Waals surface area contributed by atoms with E-state index < -0.39 is 5.96 Å². The fourth-order valence-corrected chi connectivity index (χ4v) is 8.69. The molecule has 1 fully saturated rings. The Balaban J connectivity index is 2.03. The van der Waals surface area contributed by atoms with Crippen LogP contribution in [0, 0.1) is 0 Å². The van der Waals surface area contributed by atoms with Crippen molar-refractivity contribution < 1.29 is 9.47 Å². The summed E-state index contributed by atoms with van der Waals surface area (Å²) in [5.41, 5.74) is 1.02. The second kappa shape index (κ2) is 6.79. The summed E-state index contributed by atoms with van der Waals surface area (Å²) in [7, 11) is 0. The SMILES string of the molecule is CP(Cl)(c1ccccc1)(c1ccccc1)c1ccccc1C1OCCO1. The molecule has 0 spiro atoms. The van der Waals surface area contributed by atoms with E-state index >= 15 is 0 Å². The third-order valence-electron chi connectivity index (χ3n) is 5.13. The number of halogens is 1. The zero-order valence-corrected chi connectivity index (χ0v) is 16.4. The van der Waals surface area contributed by atoms with Crippen LogP contribution < -0.4 is 15.9 Å². The molecule has 0 N–H and O–H groups in total. The molecule has 0 saturated carbocycles. The molecule has 0 amide bonds. The van der Waals surface area contributed by atoms with Gasteiger partial charge in [0, 0.05) is 0 Å². The van der Waals surface area contributed by atoms with Gasteiger partial charge in [0.1, 0.15) is 0 Å². The summed E-state index contributed by atoms with van der Waals surface area (Å²) >= 11 is 7.77. The Morgan fingerprint density at radius 1 is 0.731 bits per heavy atom. The number of hydrogen-bond donors (Lipinski definition) is 0. The zero-order chi connectivity index (χ0) is 18.1. The van der Waals surface area contributed by atoms with Crippen LogP contribution in [0.1, 0.15) is 11.9 Å². The first-order chi connectivity index (χ1) is 12.6. The molecule has 134 valence electrons. The van der Waals surface area contributed by atoms with E-state index in [1.165, 1.54) is 0 Å². The first-order valence-electron chi connectivity index (χ1n) is 8.77. The Labute approximate surface area is 159 Å². The fraction of sp³-hybridized carbons (Fsp3) is 0.182. The van der Waals surface area contributed by atoms with Crippen LogP contribution in [0.15, 0.2) is 84.9 Å². The van der Waals surface area contributed by atoms with E-state index in [0.29, 0.717) is 13.2 Å². The Kier molecular flexibility index (Phi) is 4.62. The van der Waals surface area contributed by atoms with Gasteiger partial charge in [-0.3, -0.25) is 0 Å². The molecule has 0 aromatic heterocycles. The standard InChI is InChI=1S/C22H22ClO2P/c1-26(23,18-10-4-2-5-11-18,19-12-6-3-7-13-19)21-15-9-8-14-20(21)22-24-16-17-25-22/h2-15,22H,16-17H2,1H3. The molecule has 0 bridgehead atoms. The van der Waals surface area contributed by atoms with E-state index in [1.807, 2.05) is 24.3 Å². The number of ether oxygens (including phenoxy) is 2. The van der Waals surface area contributed by atoms with Crippen molar-refractivity contribution in [2.75, 3.05) is 19.9 Å². The molecule has 2 nitrogen and oxygen atoms in total. The van der Waals surface area contributed by atoms with Gasteiger partial charge in [0.05, 0.1) is 0 Å². The number of rotatable bonds is 4. The quantitative estimate of drug-likeness (QED) is 0.623. The van der Waals surface area contributed by atoms with Gasteiger partial charge in [-0.15, -0.1) is 0 Å². The van der Waals surface area contributed by atoms with Gasteiger partial charge in [0.15, 0.2) is 0 Å². The van der Waals surface area contributed by atoms with Gasteiger partial charge in [0.2, 0.25) is 0 Å². The third kappa shape index (κ3) is 2.78. The summed E-state index contributed by atoms with van der Waals surface area (Å²) in [6.07, 6.45) is -0.362. The van der Waals surface area contributed by atoms with Crippen LogP contribution in [0.5, 0.6) is 0 Å². The molecule has 1 aliphatic heterocycles. The van der Waals surface area contributed by atoms with Crippen LogP contribution in [0.25, 0.3) is 0 Å². The van der Waals surface area contributed by atoms with Crippen molar-refractivity contribution in [1.29, 1.82) is 0 Å². The Hall–Kier alpha value is -1.70. The van der Waals surface area contributed by atoms with Crippen molar-refractivity contribution in [2.45, 2.75) is 6.29 Å². The maximum atomic E-state index is 7.77. The van der Waals surface area contributed by atoms with E-state index in [0.717, 1.165) is 21.5 Å². The van der Waals surface area contributed by atoms with Crippen molar-refractivity contribution in [3.63, 3.8) is 0 Å². The van der Waals surface area contributed by atoms with Crippen LogP contribution in [0.4, 0.5) is 0 Å². The third-order valence-corrected chi connectivity index (χ3v) is 11.4. The predicted molar refractivity (Wildman–Crippen MR) is 112 cm³/mol. The molecular weight excluding hydrogens is 363 g/mol. The molecular formula is C22H22ClO2P. The van der Waals surface area contributed by atoms with Gasteiger partial charge in [-0.25, -0.2) is 0 Å². The maximum absolute atomic E-state index is 7.77. The van der Waals surface area contributed by atoms with Crippen molar-refractivity contribution in [1.82, 2.24) is 0 Å². The number of benzene rings is 3. The summed E-state index contributed by atoms with van der Waals surface area (Å²) in [5.74, 6) is -3.18. The van der Waals surface area contributed by atoms with Crippen molar-refractivity contribution in [2.24, 2.45) is 0 Å². The van der Waals surface area contributed by atoms with Crippen molar-refractivity contribution in [3.05, 3.63) is 90.5 Å². The van der Waals surface area contributed by atoms with Gasteiger partial charge in [-0.05, 0) is 0 Å². The van der Waals surface area contributed by atoms with Crippen LogP contribution in [0.3, 0.4) is 0 Å². The van der Waals surface area contributed by atoms with Crippen molar-refractivity contribution >= 4 is 33.1 Å². The monoisotopic (exact) mass is 384 g/mol. The second-order valence-electron chi connectivity index (χ2n) is 6.73. The van der Waals surface area contributed by atoms with Gasteiger partial charge in [-0.1, -0.05) is 0 Å². The van der Waals surface area contributed by atoms with Gasteiger partial charge in [0.25, 0.3) is 0 Å². The molecule has 4 heteroatoms. The van der Waals surface area contributed by atoms with E-state index in [-0.39, 0.29) is 6.29 Å². The molecule has 0 atom stereocenters. The molecule has 0 radical (unpaired) electrons. The van der Waals surface area contributed by atoms with E-state index in [1.54, 1.807) is 0 Å². The molecule has 1 aliphatic rings. The summed E-state index contributed by atoms with van der Waals surface area (Å²) < 4.78 is 11.7. The van der Waals surface area contributed by atoms with E-state index in [2.05, 4.69) is 67.3 Å². The van der Waals surface area contributed by atoms with Gasteiger partial charge in [-0.2, -0.15) is 0 Å². The molecule has 0 aliphatic carbocycles. The topological polar surface area (TPSA) is 18.5 Å². The summed E-state index contributed by atoms with van der Waals surface area (Å²) in [6.45, 7) is 3.42. The number of hydrogen-bond acceptors (Lipinski definition) is 2. The summed E-state index contributed by atoms with van der Waals surface area (Å²) in [4.78, 5) is 0. The first kappa shape index (κ1) is 17.7. The Morgan fingerprint density at radius 3 is 1.73 bits per heavy atom. The molecule has 4 rings (SSSR count). The molecule has 3 aromatic carbocycles. The summed E-state index contributed by atoms with van der Waals surface area (Å²) in [6, 6.07) is 29.1. The Morgan fingerprint density at radius 2 is 1.19 bits per heavy atom. The first-order valence-corrected chi connectivity index (χ1v) is 12.4. The van der Waals surface area contributed by atoms with Gasteiger partial charge >= 0.3 is 159 Å². The fourth-order valence-electron chi connectivity index (χ4n) is 3.70. The minimum atomic E-state index is -3.18. The van der Waals surface area contributed by atoms with Crippen molar-refractivity contribution in [3.8, 4) is 0 Å². The molecule has 1 heterocycles. The minimum absolute atomic E-state index is 0.362. The van der Waals surface area contributed by atoms with Crippen LogP contribution in [-0.2, 0) is 9.47 Å². The zero-order valence-electron chi connectivity index (χ0n) is 14.7.